The van der Waals surface area contributed by atoms with Crippen molar-refractivity contribution in [3.63, 3.8) is 0 Å². The van der Waals surface area contributed by atoms with Crippen LogP contribution in [0.25, 0.3) is 10.9 Å². The molecule has 0 spiro atoms. The number of aromatic nitrogens is 1. The number of likely N-dealkylation sites (tertiary alicyclic amines) is 1. The summed E-state index contributed by atoms with van der Waals surface area (Å²) in [5, 5.41) is 4.65. The molecule has 3 heterocycles. The Labute approximate surface area is 273 Å². The molecule has 15 heteroatoms. The van der Waals surface area contributed by atoms with Crippen molar-refractivity contribution in [1.29, 1.82) is 0 Å². The largest absolute Gasteiger partial charge is 0.487 e. The van der Waals surface area contributed by atoms with E-state index in [9.17, 15) is 13.2 Å². The molecule has 1 atom stereocenters. The third kappa shape index (κ3) is 7.58. The fraction of sp³-hybridized carbons (Fsp3) is 0.393. The average molecular weight is 693 g/mol. The number of esters is 1. The summed E-state index contributed by atoms with van der Waals surface area (Å²) in [6.07, 6.45) is 3.36. The topological polar surface area (TPSA) is 127 Å². The lowest BCUT2D eigenvalue weighted by Crippen LogP contribution is -2.44. The minimum Gasteiger partial charge on any atom is -0.487 e. The van der Waals surface area contributed by atoms with E-state index in [4.69, 9.17) is 38.5 Å². The number of hydrazone groups is 1. The summed E-state index contributed by atoms with van der Waals surface area (Å²) >= 11 is 13.1. The molecule has 0 radical (unpaired) electrons. The third-order valence-electron chi connectivity index (χ3n) is 7.40. The van der Waals surface area contributed by atoms with Gasteiger partial charge < -0.3 is 20.2 Å². The second kappa shape index (κ2) is 15.0. The first kappa shape index (κ1) is 34.9. The maximum atomic E-state index is 13.8. The Kier molecular flexibility index (Phi) is 12.2. The third-order valence-corrected chi connectivity index (χ3v) is 10.2. The highest BCUT2D eigenvalue weighted by molar-refractivity contribution is 7.89. The Hall–Kier alpha value is -2.54. The molecular formula is C28H33Cl4N5O5S. The van der Waals surface area contributed by atoms with Crippen LogP contribution in [0.2, 0.25) is 10.0 Å². The first-order valence-electron chi connectivity index (χ1n) is 13.3. The van der Waals surface area contributed by atoms with Crippen LogP contribution in [0, 0.1) is 6.92 Å². The van der Waals surface area contributed by atoms with E-state index in [1.807, 2.05) is 36.1 Å². The van der Waals surface area contributed by atoms with Gasteiger partial charge in [0.2, 0.25) is 10.0 Å². The Bertz CT molecular complexity index is 1590. The van der Waals surface area contributed by atoms with E-state index in [0.717, 1.165) is 11.1 Å². The predicted octanol–water partition coefficient (Wildman–Crippen LogP) is 5.34. The number of para-hydroxylation sites is 1. The van der Waals surface area contributed by atoms with Gasteiger partial charge >= 0.3 is 5.97 Å². The number of hydrogen-bond acceptors (Lipinski definition) is 8. The first-order valence-corrected chi connectivity index (χ1v) is 15.5. The predicted molar refractivity (Wildman–Crippen MR) is 172 cm³/mol. The number of carbonyl (C=O) groups excluding carboxylic acids is 1. The fourth-order valence-corrected chi connectivity index (χ4v) is 7.74. The van der Waals surface area contributed by atoms with Crippen LogP contribution < -0.4 is 10.6 Å². The van der Waals surface area contributed by atoms with Crippen LogP contribution in [-0.4, -0.2) is 66.7 Å². The van der Waals surface area contributed by atoms with Gasteiger partial charge in [0, 0.05) is 54.1 Å². The van der Waals surface area contributed by atoms with Crippen molar-refractivity contribution in [3.05, 3.63) is 63.8 Å². The van der Waals surface area contributed by atoms with Gasteiger partial charge in [-0.3, -0.25) is 4.79 Å². The quantitative estimate of drug-likeness (QED) is 0.110. The highest BCUT2D eigenvalue weighted by Crippen LogP contribution is 2.37. The molecule has 234 valence electrons. The Morgan fingerprint density at radius 2 is 1.84 bits per heavy atom. The van der Waals surface area contributed by atoms with Crippen molar-refractivity contribution < 1.29 is 22.7 Å². The van der Waals surface area contributed by atoms with Crippen molar-refractivity contribution in [2.24, 2.45) is 10.9 Å². The zero-order valence-corrected chi connectivity index (χ0v) is 27.3. The lowest BCUT2D eigenvalue weighted by atomic mass is 10.1. The van der Waals surface area contributed by atoms with E-state index >= 15 is 0 Å². The van der Waals surface area contributed by atoms with Crippen LogP contribution in [0.4, 0.5) is 0 Å². The summed E-state index contributed by atoms with van der Waals surface area (Å²) in [4.78, 5) is 19.5. The molecule has 1 aromatic heterocycles. The summed E-state index contributed by atoms with van der Waals surface area (Å²) in [5.41, 5.74) is 1.84. The number of carbonyl (C=O) groups is 1. The van der Waals surface area contributed by atoms with Gasteiger partial charge in [-0.1, -0.05) is 41.4 Å². The molecule has 10 nitrogen and oxygen atoms in total. The molecule has 0 unspecified atom stereocenters. The van der Waals surface area contributed by atoms with Gasteiger partial charge in [0.05, 0.1) is 5.02 Å². The summed E-state index contributed by atoms with van der Waals surface area (Å²) < 4.78 is 40.6. The van der Waals surface area contributed by atoms with Gasteiger partial charge in [0.25, 0.3) is 0 Å². The van der Waals surface area contributed by atoms with Gasteiger partial charge in [-0.2, -0.15) is 9.41 Å². The monoisotopic (exact) mass is 691 g/mol. The zero-order valence-electron chi connectivity index (χ0n) is 23.3. The maximum absolute atomic E-state index is 13.8. The molecule has 0 amide bonds. The van der Waals surface area contributed by atoms with Crippen LogP contribution in [0.15, 0.2) is 52.5 Å². The standard InChI is InChI=1S/C28H31Cl2N5O5S.2ClH/c1-18-7-8-19-4-2-6-24(27(19)33-18)39-16-21-22(29)9-10-25(26(21)30)41(37,38)35-13-3-5-23(35)28(36)40-20-11-14-34(15-12-20)17-32-31;;/h2,4,6-10,17,20,23H,3,5,11-16,31H2,1H3;2*1H/t23-;;/m0../s1. The summed E-state index contributed by atoms with van der Waals surface area (Å²) in [6.45, 7) is 3.28. The average Bonchev–Trinajstić information content (AvgIpc) is 3.46. The van der Waals surface area contributed by atoms with E-state index in [1.165, 1.54) is 16.4 Å². The minimum absolute atomic E-state index is 0. The Morgan fingerprint density at radius 1 is 1.09 bits per heavy atom. The van der Waals surface area contributed by atoms with Crippen molar-refractivity contribution in [3.8, 4) is 5.75 Å². The maximum Gasteiger partial charge on any atom is 0.324 e. The lowest BCUT2D eigenvalue weighted by molar-refractivity contribution is -0.154. The number of nitrogens with two attached hydrogens (primary N) is 1. The molecule has 0 bridgehead atoms. The number of ether oxygens (including phenoxy) is 2. The Balaban J connectivity index is 0.00000253. The molecule has 5 rings (SSSR count). The van der Waals surface area contributed by atoms with E-state index in [2.05, 4.69) is 10.1 Å². The molecular weight excluding hydrogens is 660 g/mol. The number of fused-ring (bicyclic) bond motifs is 1. The fourth-order valence-electron chi connectivity index (χ4n) is 5.23. The number of pyridine rings is 1. The molecule has 3 aromatic rings. The van der Waals surface area contributed by atoms with E-state index < -0.39 is 22.0 Å². The zero-order chi connectivity index (χ0) is 29.1. The number of benzene rings is 2. The highest BCUT2D eigenvalue weighted by Gasteiger charge is 2.42. The number of aryl methyl sites for hydroxylation is 1. The van der Waals surface area contributed by atoms with Crippen LogP contribution in [0.3, 0.4) is 0 Å². The second-order valence-electron chi connectivity index (χ2n) is 10.1. The SMILES string of the molecule is Cc1ccc2cccc(OCc3c(Cl)ccc(S(=O)(=O)N4CCC[C@H]4C(=O)OC4CCN(C=NN)CC4)c3Cl)c2n1.Cl.Cl. The summed E-state index contributed by atoms with van der Waals surface area (Å²) in [7, 11) is -4.15. The number of sulfonamides is 1. The molecule has 0 saturated carbocycles. The highest BCUT2D eigenvalue weighted by atomic mass is 35.5. The number of nitrogens with zero attached hydrogens (tertiary/aromatic N) is 4. The van der Waals surface area contributed by atoms with E-state index in [-0.39, 0.29) is 59.0 Å². The number of piperidine rings is 1. The molecule has 2 N–H and O–H groups in total. The first-order chi connectivity index (χ1) is 19.7. The molecule has 2 aliphatic rings. The molecule has 2 saturated heterocycles. The van der Waals surface area contributed by atoms with Gasteiger partial charge in [0.1, 0.15) is 41.3 Å². The van der Waals surface area contributed by atoms with Crippen LogP contribution in [0.1, 0.15) is 36.9 Å². The summed E-state index contributed by atoms with van der Waals surface area (Å²) in [6, 6.07) is 11.3. The molecule has 43 heavy (non-hydrogen) atoms. The number of halogens is 4. The molecule has 2 aliphatic heterocycles. The van der Waals surface area contributed by atoms with Crippen molar-refractivity contribution in [2.45, 2.75) is 56.3 Å². The van der Waals surface area contributed by atoms with Gasteiger partial charge in [-0.15, -0.1) is 24.8 Å². The van der Waals surface area contributed by atoms with Crippen molar-refractivity contribution >= 4 is 81.3 Å². The molecule has 2 fully saturated rings. The van der Waals surface area contributed by atoms with Crippen molar-refractivity contribution in [1.82, 2.24) is 14.2 Å². The Morgan fingerprint density at radius 3 is 2.56 bits per heavy atom. The van der Waals surface area contributed by atoms with Gasteiger partial charge in [-0.25, -0.2) is 13.4 Å². The number of rotatable bonds is 8. The van der Waals surface area contributed by atoms with Crippen LogP contribution in [-0.2, 0) is 26.2 Å². The molecule has 2 aromatic carbocycles. The van der Waals surface area contributed by atoms with E-state index in [1.54, 1.807) is 12.4 Å². The minimum atomic E-state index is -4.15. The molecule has 0 aliphatic carbocycles. The lowest BCUT2D eigenvalue weighted by Gasteiger charge is -2.31. The van der Waals surface area contributed by atoms with Crippen LogP contribution in [0.5, 0.6) is 5.75 Å². The van der Waals surface area contributed by atoms with Crippen molar-refractivity contribution in [2.75, 3.05) is 19.6 Å². The van der Waals surface area contributed by atoms with Gasteiger partial charge in [0.15, 0.2) is 0 Å². The number of hydrogen-bond donors (Lipinski definition) is 1. The van der Waals surface area contributed by atoms with Gasteiger partial charge in [-0.05, 0) is 44.0 Å². The van der Waals surface area contributed by atoms with Crippen LogP contribution >= 0.6 is 48.0 Å². The summed E-state index contributed by atoms with van der Waals surface area (Å²) in [5.74, 6) is 5.18. The normalized spacial score (nSPS) is 17.9. The smallest absolute Gasteiger partial charge is 0.324 e. The van der Waals surface area contributed by atoms with E-state index in [0.29, 0.717) is 55.6 Å². The second-order valence-corrected chi connectivity index (χ2v) is 12.8.